The Morgan fingerprint density at radius 3 is 2.17 bits per heavy atom. The SMILES string of the molecule is CC(=O)c1ccc(N2CCN(c3nc(N(C)C)cc(C(F)(F)F)n3)CC2)c(F)c1. The minimum atomic E-state index is -4.58. The van der Waals surface area contributed by atoms with Crippen LogP contribution in [-0.4, -0.2) is 56.0 Å². The summed E-state index contributed by atoms with van der Waals surface area (Å²) < 4.78 is 54.0. The number of anilines is 3. The summed E-state index contributed by atoms with van der Waals surface area (Å²) in [5.41, 5.74) is -0.355. The summed E-state index contributed by atoms with van der Waals surface area (Å²) in [4.78, 5) is 24.2. The Balaban J connectivity index is 1.79. The number of alkyl halides is 3. The molecule has 1 aliphatic rings. The second kappa shape index (κ2) is 7.84. The molecule has 10 heteroatoms. The number of Topliss-reactive ketones (excluding diaryl/α,β-unsaturated/α-hetero) is 1. The molecule has 29 heavy (non-hydrogen) atoms. The van der Waals surface area contributed by atoms with Crippen LogP contribution < -0.4 is 14.7 Å². The van der Waals surface area contributed by atoms with Crippen molar-refractivity contribution in [3.63, 3.8) is 0 Å². The van der Waals surface area contributed by atoms with Crippen molar-refractivity contribution in [2.75, 3.05) is 55.0 Å². The molecular weight excluding hydrogens is 390 g/mol. The minimum absolute atomic E-state index is 0.00410. The number of hydrogen-bond acceptors (Lipinski definition) is 6. The Bertz CT molecular complexity index is 908. The number of rotatable bonds is 4. The average molecular weight is 411 g/mol. The van der Waals surface area contributed by atoms with Crippen molar-refractivity contribution in [2.45, 2.75) is 13.1 Å². The van der Waals surface area contributed by atoms with Gasteiger partial charge in [-0.3, -0.25) is 4.79 Å². The third kappa shape index (κ3) is 4.57. The van der Waals surface area contributed by atoms with E-state index >= 15 is 0 Å². The molecule has 0 amide bonds. The summed E-state index contributed by atoms with van der Waals surface area (Å²) in [5, 5.41) is 0. The smallest absolute Gasteiger partial charge is 0.366 e. The maximum absolute atomic E-state index is 14.4. The van der Waals surface area contributed by atoms with Crippen molar-refractivity contribution < 1.29 is 22.4 Å². The quantitative estimate of drug-likeness (QED) is 0.569. The van der Waals surface area contributed by atoms with Gasteiger partial charge < -0.3 is 14.7 Å². The summed E-state index contributed by atoms with van der Waals surface area (Å²) in [6, 6.07) is 5.22. The molecule has 0 bridgehead atoms. The fourth-order valence-corrected chi connectivity index (χ4v) is 3.07. The molecule has 1 aromatic carbocycles. The number of nitrogens with zero attached hydrogens (tertiary/aromatic N) is 5. The first kappa shape index (κ1) is 20.8. The number of aromatic nitrogens is 2. The predicted molar refractivity (Wildman–Crippen MR) is 102 cm³/mol. The number of piperazine rings is 1. The van der Waals surface area contributed by atoms with Gasteiger partial charge in [-0.2, -0.15) is 18.2 Å². The maximum Gasteiger partial charge on any atom is 0.433 e. The Kier molecular flexibility index (Phi) is 5.63. The summed E-state index contributed by atoms with van der Waals surface area (Å²) in [6.07, 6.45) is -4.58. The normalized spacial score (nSPS) is 14.9. The van der Waals surface area contributed by atoms with Crippen LogP contribution in [0.1, 0.15) is 23.0 Å². The van der Waals surface area contributed by atoms with Gasteiger partial charge in [0.05, 0.1) is 5.69 Å². The lowest BCUT2D eigenvalue weighted by Gasteiger charge is -2.36. The molecular formula is C19H21F4N5O. The van der Waals surface area contributed by atoms with E-state index < -0.39 is 17.7 Å². The van der Waals surface area contributed by atoms with E-state index in [1.807, 2.05) is 0 Å². The zero-order valence-corrected chi connectivity index (χ0v) is 16.3. The lowest BCUT2D eigenvalue weighted by Crippen LogP contribution is -2.47. The first-order valence-electron chi connectivity index (χ1n) is 9.00. The summed E-state index contributed by atoms with van der Waals surface area (Å²) in [5.74, 6) is -0.568. The van der Waals surface area contributed by atoms with Gasteiger partial charge in [-0.1, -0.05) is 0 Å². The number of ketones is 1. The van der Waals surface area contributed by atoms with Gasteiger partial charge in [0, 0.05) is 51.9 Å². The lowest BCUT2D eigenvalue weighted by molar-refractivity contribution is -0.141. The predicted octanol–water partition coefficient (Wildman–Crippen LogP) is 3.23. The molecule has 0 radical (unpaired) electrons. The fourth-order valence-electron chi connectivity index (χ4n) is 3.07. The highest BCUT2D eigenvalue weighted by atomic mass is 19.4. The van der Waals surface area contributed by atoms with E-state index in [0.29, 0.717) is 37.4 Å². The van der Waals surface area contributed by atoms with E-state index in [-0.39, 0.29) is 17.5 Å². The molecule has 0 unspecified atom stereocenters. The van der Waals surface area contributed by atoms with E-state index in [0.717, 1.165) is 6.07 Å². The van der Waals surface area contributed by atoms with Crippen LogP contribution in [0.4, 0.5) is 35.0 Å². The van der Waals surface area contributed by atoms with Crippen LogP contribution in [-0.2, 0) is 6.18 Å². The van der Waals surface area contributed by atoms with E-state index in [2.05, 4.69) is 9.97 Å². The highest BCUT2D eigenvalue weighted by Gasteiger charge is 2.35. The van der Waals surface area contributed by atoms with Gasteiger partial charge in [-0.15, -0.1) is 0 Å². The number of benzene rings is 1. The molecule has 0 aliphatic carbocycles. The first-order chi connectivity index (χ1) is 13.6. The van der Waals surface area contributed by atoms with Gasteiger partial charge in [0.2, 0.25) is 5.95 Å². The Morgan fingerprint density at radius 2 is 1.66 bits per heavy atom. The van der Waals surface area contributed by atoms with Gasteiger partial charge in [0.25, 0.3) is 0 Å². The molecule has 2 aromatic rings. The van der Waals surface area contributed by atoms with Gasteiger partial charge in [-0.25, -0.2) is 9.37 Å². The van der Waals surface area contributed by atoms with Gasteiger partial charge in [-0.05, 0) is 25.1 Å². The number of carbonyl (C=O) groups excluding carboxylic acids is 1. The third-order valence-electron chi connectivity index (χ3n) is 4.71. The molecule has 2 heterocycles. The van der Waals surface area contributed by atoms with E-state index in [1.165, 1.54) is 17.9 Å². The fraction of sp³-hybridized carbons (Fsp3) is 0.421. The van der Waals surface area contributed by atoms with Gasteiger partial charge in [0.1, 0.15) is 11.6 Å². The average Bonchev–Trinajstić information content (AvgIpc) is 2.67. The van der Waals surface area contributed by atoms with Crippen LogP contribution in [0, 0.1) is 5.82 Å². The zero-order chi connectivity index (χ0) is 21.3. The first-order valence-corrected chi connectivity index (χ1v) is 9.00. The Labute approximate surface area is 165 Å². The maximum atomic E-state index is 14.4. The van der Waals surface area contributed by atoms with Crippen LogP contribution in [0.5, 0.6) is 0 Å². The van der Waals surface area contributed by atoms with E-state index in [1.54, 1.807) is 36.0 Å². The molecule has 0 saturated carbocycles. The molecule has 156 valence electrons. The van der Waals surface area contributed by atoms with Crippen molar-refractivity contribution in [1.82, 2.24) is 9.97 Å². The zero-order valence-electron chi connectivity index (χ0n) is 16.3. The largest absolute Gasteiger partial charge is 0.433 e. The van der Waals surface area contributed by atoms with E-state index in [4.69, 9.17) is 0 Å². The van der Waals surface area contributed by atoms with Crippen molar-refractivity contribution in [3.05, 3.63) is 41.3 Å². The van der Waals surface area contributed by atoms with Crippen LogP contribution in [0.3, 0.4) is 0 Å². The highest BCUT2D eigenvalue weighted by Crippen LogP contribution is 2.31. The van der Waals surface area contributed by atoms with Gasteiger partial charge >= 0.3 is 6.18 Å². The van der Waals surface area contributed by atoms with Crippen LogP contribution in [0.25, 0.3) is 0 Å². The van der Waals surface area contributed by atoms with Crippen molar-refractivity contribution in [1.29, 1.82) is 0 Å². The number of carbonyl (C=O) groups is 1. The standard InChI is InChI=1S/C19H21F4N5O/c1-12(29)13-4-5-15(14(20)10-13)27-6-8-28(9-7-27)18-24-16(19(21,22)23)11-17(25-18)26(2)3/h4-5,10-11H,6-9H2,1-3H3. The van der Waals surface area contributed by atoms with Crippen LogP contribution in [0.2, 0.25) is 0 Å². The molecule has 6 nitrogen and oxygen atoms in total. The van der Waals surface area contributed by atoms with Crippen LogP contribution >= 0.6 is 0 Å². The molecule has 0 spiro atoms. The molecule has 1 saturated heterocycles. The summed E-state index contributed by atoms with van der Waals surface area (Å²) in [6.45, 7) is 2.80. The lowest BCUT2D eigenvalue weighted by atomic mass is 10.1. The second-order valence-electron chi connectivity index (χ2n) is 7.00. The van der Waals surface area contributed by atoms with Crippen molar-refractivity contribution >= 4 is 23.2 Å². The second-order valence-corrected chi connectivity index (χ2v) is 7.00. The highest BCUT2D eigenvalue weighted by molar-refractivity contribution is 5.94. The van der Waals surface area contributed by atoms with Crippen LogP contribution in [0.15, 0.2) is 24.3 Å². The molecule has 1 aliphatic heterocycles. The summed E-state index contributed by atoms with van der Waals surface area (Å²) in [7, 11) is 3.22. The molecule has 3 rings (SSSR count). The molecule has 1 fully saturated rings. The molecule has 0 atom stereocenters. The van der Waals surface area contributed by atoms with Crippen molar-refractivity contribution in [2.24, 2.45) is 0 Å². The minimum Gasteiger partial charge on any atom is -0.366 e. The summed E-state index contributed by atoms with van der Waals surface area (Å²) >= 11 is 0. The Hall–Kier alpha value is -2.91. The molecule has 1 aromatic heterocycles. The monoisotopic (exact) mass is 411 g/mol. The van der Waals surface area contributed by atoms with Crippen molar-refractivity contribution in [3.8, 4) is 0 Å². The molecule has 0 N–H and O–H groups in total. The topological polar surface area (TPSA) is 52.6 Å². The third-order valence-corrected chi connectivity index (χ3v) is 4.71. The number of hydrogen-bond donors (Lipinski definition) is 0. The Morgan fingerprint density at radius 1 is 1.03 bits per heavy atom. The van der Waals surface area contributed by atoms with E-state index in [9.17, 15) is 22.4 Å². The number of halogens is 4. The van der Waals surface area contributed by atoms with Gasteiger partial charge in [0.15, 0.2) is 11.5 Å².